The third kappa shape index (κ3) is 4.63. The molecule has 0 aromatic carbocycles. The van der Waals surface area contributed by atoms with Crippen LogP contribution < -0.4 is 5.32 Å². The van der Waals surface area contributed by atoms with Crippen LogP contribution in [-0.4, -0.2) is 25.8 Å². The maximum atomic E-state index is 5.53. The van der Waals surface area contributed by atoms with Gasteiger partial charge in [0.2, 0.25) is 0 Å². The summed E-state index contributed by atoms with van der Waals surface area (Å²) in [6, 6.07) is 0. The fourth-order valence-electron chi connectivity index (χ4n) is 1.89. The maximum absolute atomic E-state index is 5.53. The Hall–Kier alpha value is -0.0800. The normalized spacial score (nSPS) is 24.9. The minimum atomic E-state index is 0.494. The van der Waals surface area contributed by atoms with Crippen molar-refractivity contribution in [2.24, 2.45) is 5.92 Å². The highest BCUT2D eigenvalue weighted by Crippen LogP contribution is 2.11. The molecule has 0 spiro atoms. The van der Waals surface area contributed by atoms with Crippen molar-refractivity contribution in [3.05, 3.63) is 0 Å². The molecule has 0 saturated carbocycles. The first kappa shape index (κ1) is 11.0. The lowest BCUT2D eigenvalue weighted by Crippen LogP contribution is -2.29. The van der Waals surface area contributed by atoms with Gasteiger partial charge in [0.25, 0.3) is 0 Å². The first-order valence-electron chi connectivity index (χ1n) is 5.65. The molecular formula is C11H23NO. The van der Waals surface area contributed by atoms with Crippen LogP contribution in [0.3, 0.4) is 0 Å². The van der Waals surface area contributed by atoms with Crippen molar-refractivity contribution in [1.82, 2.24) is 5.32 Å². The third-order valence-corrected chi connectivity index (χ3v) is 2.67. The van der Waals surface area contributed by atoms with E-state index in [4.69, 9.17) is 4.74 Å². The zero-order valence-electron chi connectivity index (χ0n) is 9.01. The fourth-order valence-corrected chi connectivity index (χ4v) is 1.89. The quantitative estimate of drug-likeness (QED) is 0.685. The fraction of sp³-hybridized carbons (Fsp3) is 1.00. The lowest BCUT2D eigenvalue weighted by atomic mass is 10.1. The van der Waals surface area contributed by atoms with Gasteiger partial charge in [0.1, 0.15) is 0 Å². The Kier molecular flexibility index (Phi) is 5.40. The Labute approximate surface area is 82.0 Å². The molecule has 0 amide bonds. The standard InChI is InChI=1S/C11H23NO/c1-3-5-10(2)8-12-9-11-6-4-7-13-11/h10-12H,3-9H2,1-2H3/t10-,11+/m1/s1. The molecular weight excluding hydrogens is 162 g/mol. The molecule has 13 heavy (non-hydrogen) atoms. The Morgan fingerprint density at radius 2 is 2.38 bits per heavy atom. The van der Waals surface area contributed by atoms with Crippen molar-refractivity contribution in [3.63, 3.8) is 0 Å². The van der Waals surface area contributed by atoms with Crippen LogP contribution in [0.25, 0.3) is 0 Å². The van der Waals surface area contributed by atoms with E-state index < -0.39 is 0 Å². The van der Waals surface area contributed by atoms with Crippen molar-refractivity contribution in [2.75, 3.05) is 19.7 Å². The second-order valence-corrected chi connectivity index (χ2v) is 4.19. The number of ether oxygens (including phenoxy) is 1. The summed E-state index contributed by atoms with van der Waals surface area (Å²) in [6.07, 6.45) is 5.61. The summed E-state index contributed by atoms with van der Waals surface area (Å²) in [6.45, 7) is 7.72. The molecule has 1 N–H and O–H groups in total. The Bertz CT molecular complexity index is 121. The highest BCUT2D eigenvalue weighted by Gasteiger charge is 2.14. The molecule has 0 radical (unpaired) electrons. The molecule has 2 nitrogen and oxygen atoms in total. The first-order chi connectivity index (χ1) is 6.33. The summed E-state index contributed by atoms with van der Waals surface area (Å²) in [7, 11) is 0. The average Bonchev–Trinajstić information content (AvgIpc) is 2.57. The monoisotopic (exact) mass is 185 g/mol. The molecule has 0 bridgehead atoms. The number of hydrogen-bond acceptors (Lipinski definition) is 2. The zero-order valence-corrected chi connectivity index (χ0v) is 9.01. The summed E-state index contributed by atoms with van der Waals surface area (Å²) in [5, 5.41) is 3.49. The van der Waals surface area contributed by atoms with E-state index in [1.165, 1.54) is 25.7 Å². The molecule has 78 valence electrons. The van der Waals surface area contributed by atoms with Crippen LogP contribution in [0.5, 0.6) is 0 Å². The minimum Gasteiger partial charge on any atom is -0.377 e. The summed E-state index contributed by atoms with van der Waals surface area (Å²) in [5.41, 5.74) is 0. The summed E-state index contributed by atoms with van der Waals surface area (Å²) in [5.74, 6) is 0.811. The molecule has 1 saturated heterocycles. The number of nitrogens with one attached hydrogen (secondary N) is 1. The molecule has 2 atom stereocenters. The van der Waals surface area contributed by atoms with Gasteiger partial charge in [-0.1, -0.05) is 20.3 Å². The molecule has 1 fully saturated rings. The van der Waals surface area contributed by atoms with Gasteiger partial charge in [-0.05, 0) is 31.7 Å². The van der Waals surface area contributed by atoms with Crippen LogP contribution in [0.2, 0.25) is 0 Å². The van der Waals surface area contributed by atoms with Crippen LogP contribution in [-0.2, 0) is 4.74 Å². The van der Waals surface area contributed by atoms with Crippen LogP contribution in [0.15, 0.2) is 0 Å². The third-order valence-electron chi connectivity index (χ3n) is 2.67. The largest absolute Gasteiger partial charge is 0.377 e. The Morgan fingerprint density at radius 1 is 1.54 bits per heavy atom. The highest BCUT2D eigenvalue weighted by atomic mass is 16.5. The summed E-state index contributed by atoms with van der Waals surface area (Å²) < 4.78 is 5.53. The van der Waals surface area contributed by atoms with Gasteiger partial charge in [-0.3, -0.25) is 0 Å². The topological polar surface area (TPSA) is 21.3 Å². The van der Waals surface area contributed by atoms with E-state index in [-0.39, 0.29) is 0 Å². The van der Waals surface area contributed by atoms with E-state index in [0.29, 0.717) is 6.10 Å². The molecule has 1 heterocycles. The summed E-state index contributed by atoms with van der Waals surface area (Å²) in [4.78, 5) is 0. The molecule has 1 aliphatic rings. The van der Waals surface area contributed by atoms with Crippen LogP contribution >= 0.6 is 0 Å². The molecule has 0 unspecified atom stereocenters. The van der Waals surface area contributed by atoms with Crippen molar-refractivity contribution in [1.29, 1.82) is 0 Å². The van der Waals surface area contributed by atoms with Crippen LogP contribution in [0.4, 0.5) is 0 Å². The number of hydrogen-bond donors (Lipinski definition) is 1. The lowest BCUT2D eigenvalue weighted by Gasteiger charge is -2.14. The predicted octanol–water partition coefficient (Wildman–Crippen LogP) is 2.19. The first-order valence-corrected chi connectivity index (χ1v) is 5.65. The second kappa shape index (κ2) is 6.39. The molecule has 1 aliphatic heterocycles. The molecule has 0 aromatic heterocycles. The highest BCUT2D eigenvalue weighted by molar-refractivity contribution is 4.68. The van der Waals surface area contributed by atoms with Gasteiger partial charge in [0, 0.05) is 13.2 Å². The van der Waals surface area contributed by atoms with Crippen LogP contribution in [0, 0.1) is 5.92 Å². The van der Waals surface area contributed by atoms with Crippen molar-refractivity contribution < 1.29 is 4.74 Å². The Morgan fingerprint density at radius 3 is 3.00 bits per heavy atom. The lowest BCUT2D eigenvalue weighted by molar-refractivity contribution is 0.109. The van der Waals surface area contributed by atoms with E-state index in [2.05, 4.69) is 19.2 Å². The predicted molar refractivity (Wildman–Crippen MR) is 55.9 cm³/mol. The molecule has 0 aromatic rings. The van der Waals surface area contributed by atoms with Gasteiger partial charge in [-0.25, -0.2) is 0 Å². The van der Waals surface area contributed by atoms with E-state index in [9.17, 15) is 0 Å². The Balaban J connectivity index is 1.93. The molecule has 0 aliphatic carbocycles. The molecule has 1 rings (SSSR count). The van der Waals surface area contributed by atoms with Gasteiger partial charge < -0.3 is 10.1 Å². The smallest absolute Gasteiger partial charge is 0.0700 e. The zero-order chi connectivity index (χ0) is 9.52. The van der Waals surface area contributed by atoms with E-state index >= 15 is 0 Å². The second-order valence-electron chi connectivity index (χ2n) is 4.19. The van der Waals surface area contributed by atoms with E-state index in [1.807, 2.05) is 0 Å². The minimum absolute atomic E-state index is 0.494. The van der Waals surface area contributed by atoms with Crippen LogP contribution in [0.1, 0.15) is 39.5 Å². The van der Waals surface area contributed by atoms with Crippen molar-refractivity contribution in [2.45, 2.75) is 45.6 Å². The van der Waals surface area contributed by atoms with Gasteiger partial charge in [0.05, 0.1) is 6.10 Å². The van der Waals surface area contributed by atoms with Gasteiger partial charge in [-0.2, -0.15) is 0 Å². The molecule has 2 heteroatoms. The SMILES string of the molecule is CCC[C@@H](C)CNC[C@@H]1CCCO1. The van der Waals surface area contributed by atoms with E-state index in [0.717, 1.165) is 25.6 Å². The van der Waals surface area contributed by atoms with Crippen molar-refractivity contribution in [3.8, 4) is 0 Å². The van der Waals surface area contributed by atoms with Gasteiger partial charge in [0.15, 0.2) is 0 Å². The number of rotatable bonds is 6. The maximum Gasteiger partial charge on any atom is 0.0700 e. The van der Waals surface area contributed by atoms with Gasteiger partial charge >= 0.3 is 0 Å². The average molecular weight is 185 g/mol. The van der Waals surface area contributed by atoms with Gasteiger partial charge in [-0.15, -0.1) is 0 Å². The summed E-state index contributed by atoms with van der Waals surface area (Å²) >= 11 is 0. The van der Waals surface area contributed by atoms with E-state index in [1.54, 1.807) is 0 Å². The van der Waals surface area contributed by atoms with Crippen molar-refractivity contribution >= 4 is 0 Å².